The number of benzene rings is 1. The Bertz CT molecular complexity index is 500. The van der Waals surface area contributed by atoms with E-state index in [0.29, 0.717) is 17.1 Å². The molecular weight excluding hydrogens is 271 g/mol. The number of nitrogens with zero attached hydrogens (tertiary/aromatic N) is 1. The topological polar surface area (TPSA) is 42.0 Å². The first-order valence-electron chi connectivity index (χ1n) is 5.16. The lowest BCUT2D eigenvalue weighted by Crippen LogP contribution is -2.11. The SMILES string of the molecule is Cl.O=C(Nc1cccnc1)c1ccc(CCl)cc1. The normalized spacial score (nSPS) is 9.39. The van der Waals surface area contributed by atoms with Crippen molar-refractivity contribution in [1.29, 1.82) is 0 Å². The number of hydrogen-bond donors (Lipinski definition) is 1. The second kappa shape index (κ2) is 6.99. The predicted molar refractivity (Wildman–Crippen MR) is 75.4 cm³/mol. The van der Waals surface area contributed by atoms with Gasteiger partial charge in [0.25, 0.3) is 5.91 Å². The average molecular weight is 283 g/mol. The van der Waals surface area contributed by atoms with Gasteiger partial charge in [-0.3, -0.25) is 9.78 Å². The van der Waals surface area contributed by atoms with Gasteiger partial charge in [0, 0.05) is 17.6 Å². The summed E-state index contributed by atoms with van der Waals surface area (Å²) < 4.78 is 0. The van der Waals surface area contributed by atoms with Crippen LogP contribution in [0.15, 0.2) is 48.8 Å². The lowest BCUT2D eigenvalue weighted by molar-refractivity contribution is 0.102. The summed E-state index contributed by atoms with van der Waals surface area (Å²) in [6, 6.07) is 10.7. The van der Waals surface area contributed by atoms with Gasteiger partial charge >= 0.3 is 0 Å². The largest absolute Gasteiger partial charge is 0.321 e. The van der Waals surface area contributed by atoms with Crippen LogP contribution in [0.5, 0.6) is 0 Å². The first-order valence-corrected chi connectivity index (χ1v) is 5.69. The number of hydrogen-bond acceptors (Lipinski definition) is 2. The zero-order valence-electron chi connectivity index (χ0n) is 9.47. The minimum atomic E-state index is -0.154. The van der Waals surface area contributed by atoms with E-state index in [2.05, 4.69) is 10.3 Å². The first kappa shape index (κ1) is 14.5. The van der Waals surface area contributed by atoms with Crippen molar-refractivity contribution in [2.75, 3.05) is 5.32 Å². The van der Waals surface area contributed by atoms with Crippen molar-refractivity contribution in [3.05, 3.63) is 59.9 Å². The number of alkyl halides is 1. The van der Waals surface area contributed by atoms with E-state index in [4.69, 9.17) is 11.6 Å². The fourth-order valence-electron chi connectivity index (χ4n) is 1.39. The quantitative estimate of drug-likeness (QED) is 0.876. The number of nitrogens with one attached hydrogen (secondary N) is 1. The summed E-state index contributed by atoms with van der Waals surface area (Å²) in [6.07, 6.45) is 3.26. The highest BCUT2D eigenvalue weighted by Gasteiger charge is 2.05. The zero-order valence-corrected chi connectivity index (χ0v) is 11.0. The van der Waals surface area contributed by atoms with Crippen LogP contribution < -0.4 is 5.32 Å². The van der Waals surface area contributed by atoms with E-state index in [1.165, 1.54) is 0 Å². The summed E-state index contributed by atoms with van der Waals surface area (Å²) in [4.78, 5) is 15.8. The Morgan fingerprint density at radius 3 is 2.50 bits per heavy atom. The Balaban J connectivity index is 0.00000162. The highest BCUT2D eigenvalue weighted by Crippen LogP contribution is 2.10. The van der Waals surface area contributed by atoms with Crippen molar-refractivity contribution >= 4 is 35.6 Å². The van der Waals surface area contributed by atoms with Crippen LogP contribution in [0.25, 0.3) is 0 Å². The average Bonchev–Trinajstić information content (AvgIpc) is 2.40. The molecule has 0 aliphatic rings. The van der Waals surface area contributed by atoms with E-state index in [-0.39, 0.29) is 18.3 Å². The minimum Gasteiger partial charge on any atom is -0.321 e. The van der Waals surface area contributed by atoms with Crippen LogP contribution in [-0.4, -0.2) is 10.9 Å². The summed E-state index contributed by atoms with van der Waals surface area (Å²) in [5, 5.41) is 2.76. The molecule has 0 unspecified atom stereocenters. The number of rotatable bonds is 3. The molecule has 2 aromatic rings. The van der Waals surface area contributed by atoms with Crippen LogP contribution in [0.1, 0.15) is 15.9 Å². The Labute approximate surface area is 117 Å². The molecule has 2 rings (SSSR count). The van der Waals surface area contributed by atoms with Crippen LogP contribution in [0, 0.1) is 0 Å². The molecule has 5 heteroatoms. The summed E-state index contributed by atoms with van der Waals surface area (Å²) in [5.41, 5.74) is 2.27. The lowest BCUT2D eigenvalue weighted by atomic mass is 10.1. The molecule has 18 heavy (non-hydrogen) atoms. The molecule has 94 valence electrons. The van der Waals surface area contributed by atoms with E-state index < -0.39 is 0 Å². The predicted octanol–water partition coefficient (Wildman–Crippen LogP) is 3.49. The van der Waals surface area contributed by atoms with Gasteiger partial charge in [-0.1, -0.05) is 12.1 Å². The molecule has 0 radical (unpaired) electrons. The third kappa shape index (κ3) is 3.72. The monoisotopic (exact) mass is 282 g/mol. The summed E-state index contributed by atoms with van der Waals surface area (Å²) in [5.74, 6) is 0.295. The minimum absolute atomic E-state index is 0. The number of amides is 1. The number of carbonyl (C=O) groups excluding carboxylic acids is 1. The van der Waals surface area contributed by atoms with E-state index in [1.807, 2.05) is 12.1 Å². The van der Waals surface area contributed by atoms with Crippen molar-refractivity contribution in [2.24, 2.45) is 0 Å². The number of anilines is 1. The van der Waals surface area contributed by atoms with Crippen molar-refractivity contribution in [2.45, 2.75) is 5.88 Å². The van der Waals surface area contributed by atoms with Crippen LogP contribution >= 0.6 is 24.0 Å². The van der Waals surface area contributed by atoms with Crippen molar-refractivity contribution in [3.8, 4) is 0 Å². The van der Waals surface area contributed by atoms with Gasteiger partial charge in [-0.25, -0.2) is 0 Å². The van der Waals surface area contributed by atoms with Crippen LogP contribution in [0.4, 0.5) is 5.69 Å². The molecule has 0 spiro atoms. The Kier molecular flexibility index (Phi) is 5.62. The molecule has 0 saturated carbocycles. The number of pyridine rings is 1. The van der Waals surface area contributed by atoms with Gasteiger partial charge in [0.1, 0.15) is 0 Å². The van der Waals surface area contributed by atoms with E-state index in [1.54, 1.807) is 36.7 Å². The van der Waals surface area contributed by atoms with E-state index in [0.717, 1.165) is 5.56 Å². The fourth-order valence-corrected chi connectivity index (χ4v) is 1.56. The third-order valence-electron chi connectivity index (χ3n) is 2.29. The molecular formula is C13H12Cl2N2O. The van der Waals surface area contributed by atoms with Gasteiger partial charge in [-0.15, -0.1) is 24.0 Å². The van der Waals surface area contributed by atoms with Gasteiger partial charge in [-0.05, 0) is 29.8 Å². The molecule has 0 fully saturated rings. The fraction of sp³-hybridized carbons (Fsp3) is 0.0769. The summed E-state index contributed by atoms with van der Waals surface area (Å²) in [7, 11) is 0. The number of aromatic nitrogens is 1. The highest BCUT2D eigenvalue weighted by atomic mass is 35.5. The second-order valence-electron chi connectivity index (χ2n) is 3.53. The summed E-state index contributed by atoms with van der Waals surface area (Å²) in [6.45, 7) is 0. The maximum Gasteiger partial charge on any atom is 0.255 e. The van der Waals surface area contributed by atoms with Gasteiger partial charge in [-0.2, -0.15) is 0 Å². The smallest absolute Gasteiger partial charge is 0.255 e. The number of halogens is 2. The van der Waals surface area contributed by atoms with Crippen LogP contribution in [0.3, 0.4) is 0 Å². The van der Waals surface area contributed by atoms with Crippen molar-refractivity contribution < 1.29 is 4.79 Å². The molecule has 0 saturated heterocycles. The lowest BCUT2D eigenvalue weighted by Gasteiger charge is -2.04. The van der Waals surface area contributed by atoms with Crippen LogP contribution in [0.2, 0.25) is 0 Å². The Morgan fingerprint density at radius 2 is 1.94 bits per heavy atom. The molecule has 1 amide bonds. The highest BCUT2D eigenvalue weighted by molar-refractivity contribution is 6.17. The molecule has 0 atom stereocenters. The molecule has 0 bridgehead atoms. The molecule has 1 heterocycles. The van der Waals surface area contributed by atoms with Crippen molar-refractivity contribution in [1.82, 2.24) is 4.98 Å². The van der Waals surface area contributed by atoms with Gasteiger partial charge < -0.3 is 5.32 Å². The maximum absolute atomic E-state index is 11.8. The number of carbonyl (C=O) groups is 1. The molecule has 1 N–H and O–H groups in total. The van der Waals surface area contributed by atoms with E-state index in [9.17, 15) is 4.79 Å². The van der Waals surface area contributed by atoms with Gasteiger partial charge in [0.05, 0.1) is 11.9 Å². The summed E-state index contributed by atoms with van der Waals surface area (Å²) >= 11 is 5.68. The van der Waals surface area contributed by atoms with E-state index >= 15 is 0 Å². The van der Waals surface area contributed by atoms with Crippen LogP contribution in [-0.2, 0) is 5.88 Å². The molecule has 0 aliphatic carbocycles. The molecule has 0 aliphatic heterocycles. The molecule has 1 aromatic heterocycles. The molecule has 3 nitrogen and oxygen atoms in total. The Morgan fingerprint density at radius 1 is 1.22 bits per heavy atom. The second-order valence-corrected chi connectivity index (χ2v) is 3.79. The third-order valence-corrected chi connectivity index (χ3v) is 2.60. The Hall–Kier alpha value is -1.58. The maximum atomic E-state index is 11.8. The standard InChI is InChI=1S/C13H11ClN2O.ClH/c14-8-10-3-5-11(6-4-10)13(17)16-12-2-1-7-15-9-12;/h1-7,9H,8H2,(H,16,17);1H. The molecule has 1 aromatic carbocycles. The first-order chi connectivity index (χ1) is 8.29. The van der Waals surface area contributed by atoms with Gasteiger partial charge in [0.2, 0.25) is 0 Å². The zero-order chi connectivity index (χ0) is 12.1. The van der Waals surface area contributed by atoms with Crippen molar-refractivity contribution in [3.63, 3.8) is 0 Å². The van der Waals surface area contributed by atoms with Gasteiger partial charge in [0.15, 0.2) is 0 Å².